The average molecular weight is 276 g/mol. The summed E-state index contributed by atoms with van der Waals surface area (Å²) in [4.78, 5) is 11.7. The summed E-state index contributed by atoms with van der Waals surface area (Å²) in [6.45, 7) is 2.04. The number of carbonyl (C=O) groups is 1. The quantitative estimate of drug-likeness (QED) is 0.768. The Bertz CT molecular complexity index is 801. The number of aromatic carboxylic acids is 1. The van der Waals surface area contributed by atoms with Crippen LogP contribution in [0.4, 0.5) is 0 Å². The van der Waals surface area contributed by atoms with E-state index in [0.29, 0.717) is 12.0 Å². The largest absolute Gasteiger partial charge is 0.478 e. The van der Waals surface area contributed by atoms with Crippen molar-refractivity contribution in [3.63, 3.8) is 0 Å². The van der Waals surface area contributed by atoms with E-state index in [1.165, 1.54) is 5.56 Å². The van der Waals surface area contributed by atoms with E-state index >= 15 is 0 Å². The lowest BCUT2D eigenvalue weighted by Crippen LogP contribution is -2.04. The maximum atomic E-state index is 11.7. The standard InChI is InChI=1S/C19H16O2/c1-13-6-8-14(9-7-13)12-16-11-10-15-4-2-3-5-17(15)18(16)19(20)21/h2-11H,12H2,1H3,(H,20,21). The van der Waals surface area contributed by atoms with Crippen LogP contribution < -0.4 is 0 Å². The summed E-state index contributed by atoms with van der Waals surface area (Å²) in [6.07, 6.45) is 0.632. The summed E-state index contributed by atoms with van der Waals surface area (Å²) in [5, 5.41) is 11.3. The highest BCUT2D eigenvalue weighted by atomic mass is 16.4. The van der Waals surface area contributed by atoms with Gasteiger partial charge in [0.15, 0.2) is 0 Å². The van der Waals surface area contributed by atoms with E-state index in [4.69, 9.17) is 0 Å². The summed E-state index contributed by atoms with van der Waals surface area (Å²) in [5.41, 5.74) is 3.59. The van der Waals surface area contributed by atoms with E-state index in [1.807, 2.05) is 43.3 Å². The van der Waals surface area contributed by atoms with Gasteiger partial charge in [-0.3, -0.25) is 0 Å². The molecule has 0 saturated carbocycles. The molecule has 3 rings (SSSR count). The highest BCUT2D eigenvalue weighted by Gasteiger charge is 2.14. The summed E-state index contributed by atoms with van der Waals surface area (Å²) in [7, 11) is 0. The van der Waals surface area contributed by atoms with Crippen molar-refractivity contribution in [3.8, 4) is 0 Å². The van der Waals surface area contributed by atoms with Crippen LogP contribution in [0, 0.1) is 6.92 Å². The summed E-state index contributed by atoms with van der Waals surface area (Å²) >= 11 is 0. The molecule has 0 aliphatic rings. The molecule has 21 heavy (non-hydrogen) atoms. The minimum absolute atomic E-state index is 0.411. The van der Waals surface area contributed by atoms with Crippen molar-refractivity contribution in [2.45, 2.75) is 13.3 Å². The Balaban J connectivity index is 2.11. The maximum absolute atomic E-state index is 11.7. The Morgan fingerprint density at radius 2 is 1.67 bits per heavy atom. The number of hydrogen-bond acceptors (Lipinski definition) is 1. The third-order valence-electron chi connectivity index (χ3n) is 3.74. The minimum Gasteiger partial charge on any atom is -0.478 e. The Kier molecular flexibility index (Phi) is 3.44. The van der Waals surface area contributed by atoms with Gasteiger partial charge in [0.1, 0.15) is 0 Å². The highest BCUT2D eigenvalue weighted by molar-refractivity contribution is 6.05. The number of rotatable bonds is 3. The third kappa shape index (κ3) is 2.65. The van der Waals surface area contributed by atoms with Crippen molar-refractivity contribution in [2.75, 3.05) is 0 Å². The van der Waals surface area contributed by atoms with Gasteiger partial charge in [0.2, 0.25) is 0 Å². The summed E-state index contributed by atoms with van der Waals surface area (Å²) in [5.74, 6) is -0.867. The van der Waals surface area contributed by atoms with Gasteiger partial charge in [0, 0.05) is 0 Å². The molecule has 1 N–H and O–H groups in total. The smallest absolute Gasteiger partial charge is 0.336 e. The number of benzene rings is 3. The van der Waals surface area contributed by atoms with Gasteiger partial charge in [-0.1, -0.05) is 66.2 Å². The van der Waals surface area contributed by atoms with Gasteiger partial charge >= 0.3 is 5.97 Å². The molecule has 104 valence electrons. The molecule has 2 nitrogen and oxygen atoms in total. The van der Waals surface area contributed by atoms with Crippen LogP contribution in [0.2, 0.25) is 0 Å². The van der Waals surface area contributed by atoms with Gasteiger partial charge in [-0.2, -0.15) is 0 Å². The molecule has 0 bridgehead atoms. The zero-order valence-electron chi connectivity index (χ0n) is 11.8. The van der Waals surface area contributed by atoms with Crippen LogP contribution in [0.1, 0.15) is 27.0 Å². The zero-order valence-corrected chi connectivity index (χ0v) is 11.8. The second-order valence-electron chi connectivity index (χ2n) is 5.29. The highest BCUT2D eigenvalue weighted by Crippen LogP contribution is 2.24. The zero-order chi connectivity index (χ0) is 14.8. The van der Waals surface area contributed by atoms with Crippen LogP contribution in [0.15, 0.2) is 60.7 Å². The fraction of sp³-hybridized carbons (Fsp3) is 0.105. The third-order valence-corrected chi connectivity index (χ3v) is 3.74. The van der Waals surface area contributed by atoms with E-state index in [-0.39, 0.29) is 0 Å². The van der Waals surface area contributed by atoms with Crippen molar-refractivity contribution in [1.82, 2.24) is 0 Å². The average Bonchev–Trinajstić information content (AvgIpc) is 2.49. The molecular formula is C19H16O2. The van der Waals surface area contributed by atoms with Crippen molar-refractivity contribution in [1.29, 1.82) is 0 Å². The molecule has 2 heteroatoms. The van der Waals surface area contributed by atoms with E-state index in [2.05, 4.69) is 24.3 Å². The first-order chi connectivity index (χ1) is 10.1. The molecule has 0 atom stereocenters. The SMILES string of the molecule is Cc1ccc(Cc2ccc3ccccc3c2C(=O)O)cc1. The molecule has 0 aliphatic carbocycles. The van der Waals surface area contributed by atoms with Gasteiger partial charge in [-0.25, -0.2) is 4.79 Å². The summed E-state index contributed by atoms with van der Waals surface area (Å²) in [6, 6.07) is 19.7. The first-order valence-corrected chi connectivity index (χ1v) is 6.94. The minimum atomic E-state index is -0.867. The van der Waals surface area contributed by atoms with Gasteiger partial charge in [-0.15, -0.1) is 0 Å². The second kappa shape index (κ2) is 5.41. The molecule has 0 aliphatic heterocycles. The first-order valence-electron chi connectivity index (χ1n) is 6.94. The van der Waals surface area contributed by atoms with Crippen molar-refractivity contribution >= 4 is 16.7 Å². The van der Waals surface area contributed by atoms with Crippen LogP contribution in [0.25, 0.3) is 10.8 Å². The van der Waals surface area contributed by atoms with Crippen molar-refractivity contribution in [3.05, 3.63) is 82.9 Å². The Hall–Kier alpha value is -2.61. The summed E-state index contributed by atoms with van der Waals surface area (Å²) < 4.78 is 0. The maximum Gasteiger partial charge on any atom is 0.336 e. The number of carboxylic acids is 1. The van der Waals surface area contributed by atoms with E-state index in [9.17, 15) is 9.90 Å². The van der Waals surface area contributed by atoms with Crippen LogP contribution in [0.5, 0.6) is 0 Å². The molecule has 0 spiro atoms. The van der Waals surface area contributed by atoms with Gasteiger partial charge in [-0.05, 0) is 35.2 Å². The van der Waals surface area contributed by atoms with Crippen molar-refractivity contribution in [2.24, 2.45) is 0 Å². The fourth-order valence-electron chi connectivity index (χ4n) is 2.64. The molecule has 0 aromatic heterocycles. The van der Waals surface area contributed by atoms with Crippen LogP contribution in [-0.4, -0.2) is 11.1 Å². The van der Waals surface area contributed by atoms with Crippen LogP contribution in [0.3, 0.4) is 0 Å². The lowest BCUT2D eigenvalue weighted by atomic mass is 9.94. The molecule has 0 amide bonds. The Labute approximate surface area is 123 Å². The molecule has 3 aromatic carbocycles. The Morgan fingerprint density at radius 1 is 0.952 bits per heavy atom. The molecule has 0 saturated heterocycles. The van der Waals surface area contributed by atoms with Crippen LogP contribution >= 0.6 is 0 Å². The van der Waals surface area contributed by atoms with E-state index in [0.717, 1.165) is 21.9 Å². The van der Waals surface area contributed by atoms with Crippen LogP contribution in [-0.2, 0) is 6.42 Å². The van der Waals surface area contributed by atoms with Gasteiger partial charge < -0.3 is 5.11 Å². The monoisotopic (exact) mass is 276 g/mol. The predicted octanol–water partition coefficient (Wildman–Crippen LogP) is 4.44. The topological polar surface area (TPSA) is 37.3 Å². The number of carboxylic acid groups (broad SMARTS) is 1. The normalized spacial score (nSPS) is 10.7. The van der Waals surface area contributed by atoms with E-state index < -0.39 is 5.97 Å². The molecule has 0 unspecified atom stereocenters. The predicted molar refractivity (Wildman–Crippen MR) is 84.9 cm³/mol. The molecule has 0 radical (unpaired) electrons. The second-order valence-corrected chi connectivity index (χ2v) is 5.29. The molecule has 3 aromatic rings. The fourth-order valence-corrected chi connectivity index (χ4v) is 2.64. The first kappa shape index (κ1) is 13.4. The van der Waals surface area contributed by atoms with Crippen molar-refractivity contribution < 1.29 is 9.90 Å². The van der Waals surface area contributed by atoms with Gasteiger partial charge in [0.25, 0.3) is 0 Å². The lowest BCUT2D eigenvalue weighted by molar-refractivity contribution is 0.0698. The molecule has 0 heterocycles. The Morgan fingerprint density at radius 3 is 2.38 bits per heavy atom. The molecular weight excluding hydrogens is 260 g/mol. The lowest BCUT2D eigenvalue weighted by Gasteiger charge is -2.10. The number of hydrogen-bond donors (Lipinski definition) is 1. The molecule has 0 fully saturated rings. The van der Waals surface area contributed by atoms with Gasteiger partial charge in [0.05, 0.1) is 5.56 Å². The number of aryl methyl sites for hydroxylation is 1. The van der Waals surface area contributed by atoms with E-state index in [1.54, 1.807) is 0 Å². The number of fused-ring (bicyclic) bond motifs is 1.